The van der Waals surface area contributed by atoms with E-state index in [-0.39, 0.29) is 5.91 Å². The first-order valence-corrected chi connectivity index (χ1v) is 9.33. The van der Waals surface area contributed by atoms with E-state index in [1.807, 2.05) is 23.2 Å². The number of likely N-dealkylation sites (tertiary alicyclic amines) is 1. The van der Waals surface area contributed by atoms with Crippen LogP contribution in [-0.4, -0.2) is 54.5 Å². The summed E-state index contributed by atoms with van der Waals surface area (Å²) in [6.45, 7) is 4.44. The van der Waals surface area contributed by atoms with Crippen LogP contribution in [0.2, 0.25) is 0 Å². The highest BCUT2D eigenvalue weighted by Gasteiger charge is 2.33. The summed E-state index contributed by atoms with van der Waals surface area (Å²) in [7, 11) is 3.21. The van der Waals surface area contributed by atoms with Crippen LogP contribution in [-0.2, 0) is 13.1 Å². The first-order chi connectivity index (χ1) is 13.2. The molecule has 1 fully saturated rings. The number of amides is 1. The van der Waals surface area contributed by atoms with Gasteiger partial charge in [-0.1, -0.05) is 6.07 Å². The molecule has 0 aliphatic carbocycles. The first kappa shape index (κ1) is 17.8. The number of aromatic nitrogens is 1. The second kappa shape index (κ2) is 7.56. The lowest BCUT2D eigenvalue weighted by molar-refractivity contribution is 0.0752. The molecule has 1 aromatic carbocycles. The van der Waals surface area contributed by atoms with Gasteiger partial charge >= 0.3 is 0 Å². The van der Waals surface area contributed by atoms with Crippen molar-refractivity contribution in [2.24, 2.45) is 5.92 Å². The zero-order chi connectivity index (χ0) is 18.8. The van der Waals surface area contributed by atoms with Crippen LogP contribution in [0, 0.1) is 5.92 Å². The number of nitrogens with zero attached hydrogens (tertiary/aromatic N) is 3. The van der Waals surface area contributed by atoms with Gasteiger partial charge in [-0.15, -0.1) is 0 Å². The summed E-state index contributed by atoms with van der Waals surface area (Å²) in [5.74, 6) is 1.88. The second-order valence-corrected chi connectivity index (χ2v) is 7.30. The summed E-state index contributed by atoms with van der Waals surface area (Å²) in [6, 6.07) is 7.82. The minimum Gasteiger partial charge on any atom is -0.493 e. The molecule has 1 saturated heterocycles. The van der Waals surface area contributed by atoms with Crippen molar-refractivity contribution in [3.8, 4) is 11.5 Å². The summed E-state index contributed by atoms with van der Waals surface area (Å²) < 4.78 is 10.7. The molecule has 2 aliphatic heterocycles. The molecule has 2 aliphatic rings. The molecule has 3 heterocycles. The van der Waals surface area contributed by atoms with Gasteiger partial charge in [0.15, 0.2) is 11.5 Å². The van der Waals surface area contributed by atoms with Crippen LogP contribution < -0.4 is 9.47 Å². The molecule has 1 aromatic heterocycles. The highest BCUT2D eigenvalue weighted by atomic mass is 16.5. The van der Waals surface area contributed by atoms with Crippen molar-refractivity contribution in [3.05, 3.63) is 53.3 Å². The maximum Gasteiger partial charge on any atom is 0.254 e. The fourth-order valence-electron chi connectivity index (χ4n) is 4.11. The van der Waals surface area contributed by atoms with E-state index in [0.717, 1.165) is 43.7 Å². The third kappa shape index (κ3) is 3.62. The predicted molar refractivity (Wildman–Crippen MR) is 102 cm³/mol. The van der Waals surface area contributed by atoms with Crippen molar-refractivity contribution >= 4 is 5.91 Å². The van der Waals surface area contributed by atoms with Gasteiger partial charge in [0.25, 0.3) is 5.91 Å². The molecule has 0 spiro atoms. The third-order valence-corrected chi connectivity index (χ3v) is 5.47. The molecule has 4 rings (SSSR count). The standard InChI is InChI=1S/C21H25N3O3/c1-26-19-8-17-14-24(21(25)18(17)9-20(19)27-2)13-16-5-7-23(12-16)11-15-4-3-6-22-10-15/h3-4,6,8-10,16H,5,7,11-14H2,1-2H3. The fraction of sp³-hybridized carbons (Fsp3) is 0.429. The molecule has 6 heteroatoms. The number of methoxy groups -OCH3 is 2. The van der Waals surface area contributed by atoms with Crippen LogP contribution in [0.25, 0.3) is 0 Å². The van der Waals surface area contributed by atoms with Crippen LogP contribution in [0.1, 0.15) is 27.9 Å². The van der Waals surface area contributed by atoms with E-state index in [1.165, 1.54) is 5.56 Å². The summed E-state index contributed by atoms with van der Waals surface area (Å²) in [6.07, 6.45) is 4.85. The van der Waals surface area contributed by atoms with Gasteiger partial charge < -0.3 is 14.4 Å². The molecule has 142 valence electrons. The monoisotopic (exact) mass is 367 g/mol. The summed E-state index contributed by atoms with van der Waals surface area (Å²) in [4.78, 5) is 21.4. The minimum atomic E-state index is 0.0941. The molecule has 1 atom stereocenters. The maximum absolute atomic E-state index is 12.8. The number of carbonyl (C=O) groups is 1. The van der Waals surface area contributed by atoms with Crippen LogP contribution >= 0.6 is 0 Å². The number of hydrogen-bond donors (Lipinski definition) is 0. The zero-order valence-electron chi connectivity index (χ0n) is 15.9. The summed E-state index contributed by atoms with van der Waals surface area (Å²) >= 11 is 0. The van der Waals surface area contributed by atoms with Crippen molar-refractivity contribution in [1.29, 1.82) is 0 Å². The Bertz CT molecular complexity index is 825. The lowest BCUT2D eigenvalue weighted by atomic mass is 10.1. The highest BCUT2D eigenvalue weighted by Crippen LogP contribution is 2.35. The SMILES string of the molecule is COc1cc2c(cc1OC)C(=O)N(CC1CCN(Cc3cccnc3)C1)C2. The van der Waals surface area contributed by atoms with Gasteiger partial charge in [0.1, 0.15) is 0 Å². The van der Waals surface area contributed by atoms with Crippen LogP contribution in [0.5, 0.6) is 11.5 Å². The third-order valence-electron chi connectivity index (χ3n) is 5.47. The Hall–Kier alpha value is -2.60. The number of fused-ring (bicyclic) bond motifs is 1. The van der Waals surface area contributed by atoms with E-state index < -0.39 is 0 Å². The molecule has 0 radical (unpaired) electrons. The summed E-state index contributed by atoms with van der Waals surface area (Å²) in [5, 5.41) is 0. The molecular weight excluding hydrogens is 342 g/mol. The van der Waals surface area contributed by atoms with Gasteiger partial charge in [-0.3, -0.25) is 14.7 Å². The number of ether oxygens (including phenoxy) is 2. The smallest absolute Gasteiger partial charge is 0.254 e. The van der Waals surface area contributed by atoms with Crippen LogP contribution in [0.4, 0.5) is 0 Å². The predicted octanol–water partition coefficient (Wildman–Crippen LogP) is 2.58. The molecule has 27 heavy (non-hydrogen) atoms. The van der Waals surface area contributed by atoms with Gasteiger partial charge in [0, 0.05) is 44.1 Å². The van der Waals surface area contributed by atoms with Crippen molar-refractivity contribution < 1.29 is 14.3 Å². The Labute approximate surface area is 159 Å². The molecule has 0 saturated carbocycles. The Morgan fingerprint density at radius 2 is 2.04 bits per heavy atom. The van der Waals surface area contributed by atoms with E-state index in [2.05, 4.69) is 16.0 Å². The largest absolute Gasteiger partial charge is 0.493 e. The average molecular weight is 367 g/mol. The zero-order valence-corrected chi connectivity index (χ0v) is 15.9. The lowest BCUT2D eigenvalue weighted by Crippen LogP contribution is -2.31. The van der Waals surface area contributed by atoms with E-state index in [4.69, 9.17) is 9.47 Å². The minimum absolute atomic E-state index is 0.0941. The lowest BCUT2D eigenvalue weighted by Gasteiger charge is -2.21. The van der Waals surface area contributed by atoms with Crippen molar-refractivity contribution in [1.82, 2.24) is 14.8 Å². The molecular formula is C21H25N3O3. The van der Waals surface area contributed by atoms with Gasteiger partial charge in [-0.2, -0.15) is 0 Å². The Kier molecular flexibility index (Phi) is 4.99. The molecule has 6 nitrogen and oxygen atoms in total. The maximum atomic E-state index is 12.8. The van der Waals surface area contributed by atoms with E-state index in [9.17, 15) is 4.79 Å². The van der Waals surface area contributed by atoms with E-state index in [0.29, 0.717) is 24.0 Å². The normalized spacial score (nSPS) is 19.4. The average Bonchev–Trinajstić information content (AvgIpc) is 3.26. The number of benzene rings is 1. The van der Waals surface area contributed by atoms with E-state index in [1.54, 1.807) is 26.5 Å². The van der Waals surface area contributed by atoms with Crippen LogP contribution in [0.15, 0.2) is 36.7 Å². The fourth-order valence-corrected chi connectivity index (χ4v) is 4.11. The number of rotatable bonds is 6. The van der Waals surface area contributed by atoms with Gasteiger partial charge in [-0.05, 0) is 48.2 Å². The number of pyridine rings is 1. The summed E-state index contributed by atoms with van der Waals surface area (Å²) in [5.41, 5.74) is 2.99. The molecule has 2 aromatic rings. The quantitative estimate of drug-likeness (QED) is 0.785. The van der Waals surface area contributed by atoms with Crippen molar-refractivity contribution in [2.45, 2.75) is 19.5 Å². The van der Waals surface area contributed by atoms with Crippen molar-refractivity contribution in [2.75, 3.05) is 33.9 Å². The number of hydrogen-bond acceptors (Lipinski definition) is 5. The van der Waals surface area contributed by atoms with Crippen LogP contribution in [0.3, 0.4) is 0 Å². The van der Waals surface area contributed by atoms with Gasteiger partial charge in [0.05, 0.1) is 14.2 Å². The Morgan fingerprint density at radius 3 is 2.78 bits per heavy atom. The van der Waals surface area contributed by atoms with Gasteiger partial charge in [0.2, 0.25) is 0 Å². The van der Waals surface area contributed by atoms with E-state index >= 15 is 0 Å². The Morgan fingerprint density at radius 1 is 1.22 bits per heavy atom. The topological polar surface area (TPSA) is 54.9 Å². The molecule has 0 bridgehead atoms. The molecule has 0 N–H and O–H groups in total. The van der Waals surface area contributed by atoms with Gasteiger partial charge in [-0.25, -0.2) is 0 Å². The number of carbonyl (C=O) groups excluding carboxylic acids is 1. The first-order valence-electron chi connectivity index (χ1n) is 9.33. The molecule has 1 amide bonds. The van der Waals surface area contributed by atoms with Crippen molar-refractivity contribution in [3.63, 3.8) is 0 Å². The highest BCUT2D eigenvalue weighted by molar-refractivity contribution is 5.99. The molecule has 1 unspecified atom stereocenters. The Balaban J connectivity index is 1.38. The second-order valence-electron chi connectivity index (χ2n) is 7.30.